The van der Waals surface area contributed by atoms with Crippen LogP contribution in [0, 0.1) is 11.8 Å². The number of rotatable bonds is 8. The van der Waals surface area contributed by atoms with E-state index in [0.717, 1.165) is 19.5 Å². The number of carbonyl (C=O) groups is 2. The summed E-state index contributed by atoms with van der Waals surface area (Å²) >= 11 is 0. The molecule has 0 spiro atoms. The van der Waals surface area contributed by atoms with Crippen LogP contribution in [0.2, 0.25) is 0 Å². The molecule has 5 nitrogen and oxygen atoms in total. The molecule has 1 aliphatic carbocycles. The van der Waals surface area contributed by atoms with Crippen molar-refractivity contribution in [1.82, 2.24) is 10.2 Å². The number of hydrogen-bond acceptors (Lipinski definition) is 3. The number of halogens is 1. The van der Waals surface area contributed by atoms with Gasteiger partial charge in [0.05, 0.1) is 0 Å². The van der Waals surface area contributed by atoms with Crippen LogP contribution in [0.25, 0.3) is 0 Å². The molecule has 0 saturated carbocycles. The van der Waals surface area contributed by atoms with Crippen molar-refractivity contribution in [3.63, 3.8) is 0 Å². The van der Waals surface area contributed by atoms with Gasteiger partial charge in [-0.05, 0) is 44.2 Å². The lowest BCUT2D eigenvalue weighted by Crippen LogP contribution is -2.52. The Morgan fingerprint density at radius 3 is 2.33 bits per heavy atom. The van der Waals surface area contributed by atoms with E-state index < -0.39 is 5.97 Å². The van der Waals surface area contributed by atoms with Crippen molar-refractivity contribution in [2.45, 2.75) is 66.0 Å². The number of allylic oxidation sites excluding steroid dienone is 1. The molecule has 6 heteroatoms. The van der Waals surface area contributed by atoms with Crippen LogP contribution < -0.4 is 5.32 Å². The second kappa shape index (κ2) is 10.7. The number of aliphatic carboxylic acids is 1. The molecule has 1 amide bonds. The smallest absolute Gasteiger partial charge is 0.331 e. The quantitative estimate of drug-likeness (QED) is 0.697. The molecule has 0 bridgehead atoms. The summed E-state index contributed by atoms with van der Waals surface area (Å²) in [6.07, 6.45) is 4.02. The molecular formula is C18H33ClN2O3. The van der Waals surface area contributed by atoms with Gasteiger partial charge in [-0.2, -0.15) is 0 Å². The van der Waals surface area contributed by atoms with Gasteiger partial charge >= 0.3 is 5.97 Å². The molecule has 1 aliphatic rings. The highest BCUT2D eigenvalue weighted by atomic mass is 35.5. The zero-order valence-electron chi connectivity index (χ0n) is 15.5. The fraction of sp³-hybridized carbons (Fsp3) is 0.778. The third kappa shape index (κ3) is 6.44. The van der Waals surface area contributed by atoms with Crippen LogP contribution in [-0.2, 0) is 9.59 Å². The molecule has 0 fully saturated rings. The second-order valence-electron chi connectivity index (χ2n) is 6.86. The van der Waals surface area contributed by atoms with Gasteiger partial charge < -0.3 is 15.3 Å². The predicted octanol–water partition coefficient (Wildman–Crippen LogP) is 3.09. The molecule has 140 valence electrons. The molecule has 0 heterocycles. The first-order valence-electron chi connectivity index (χ1n) is 8.73. The van der Waals surface area contributed by atoms with Crippen LogP contribution in [0.4, 0.5) is 0 Å². The highest BCUT2D eigenvalue weighted by molar-refractivity contribution is 5.86. The molecule has 24 heavy (non-hydrogen) atoms. The molecule has 3 atom stereocenters. The number of nitrogens with one attached hydrogen (secondary N) is 1. The van der Waals surface area contributed by atoms with Gasteiger partial charge in [-0.3, -0.25) is 4.79 Å². The van der Waals surface area contributed by atoms with E-state index in [9.17, 15) is 14.7 Å². The maximum atomic E-state index is 11.6. The average Bonchev–Trinajstić information content (AvgIpc) is 2.46. The van der Waals surface area contributed by atoms with E-state index in [1.54, 1.807) is 6.92 Å². The predicted molar refractivity (Wildman–Crippen MR) is 99.5 cm³/mol. The Hall–Kier alpha value is -1.07. The van der Waals surface area contributed by atoms with E-state index in [4.69, 9.17) is 0 Å². The minimum atomic E-state index is -0.819. The lowest BCUT2D eigenvalue weighted by molar-refractivity contribution is -0.133. The van der Waals surface area contributed by atoms with E-state index in [1.807, 2.05) is 6.08 Å². The minimum Gasteiger partial charge on any atom is -0.478 e. The average molecular weight is 361 g/mol. The van der Waals surface area contributed by atoms with Gasteiger partial charge in [-0.15, -0.1) is 12.4 Å². The normalized spacial score (nSPS) is 21.9. The van der Waals surface area contributed by atoms with Crippen LogP contribution in [0.1, 0.15) is 53.9 Å². The number of carboxylic acid groups (broad SMARTS) is 1. The summed E-state index contributed by atoms with van der Waals surface area (Å²) in [6, 6.07) is 0.251. The van der Waals surface area contributed by atoms with Gasteiger partial charge in [0.15, 0.2) is 0 Å². The number of nitrogens with zero attached hydrogens (tertiary/aromatic N) is 1. The lowest BCUT2D eigenvalue weighted by Gasteiger charge is -2.42. The first-order chi connectivity index (χ1) is 10.8. The van der Waals surface area contributed by atoms with Crippen molar-refractivity contribution < 1.29 is 14.7 Å². The van der Waals surface area contributed by atoms with Gasteiger partial charge in [0.25, 0.3) is 0 Å². The third-order valence-corrected chi connectivity index (χ3v) is 4.75. The molecular weight excluding hydrogens is 328 g/mol. The van der Waals surface area contributed by atoms with Crippen molar-refractivity contribution in [1.29, 1.82) is 0 Å². The van der Waals surface area contributed by atoms with Crippen molar-refractivity contribution >= 4 is 24.3 Å². The van der Waals surface area contributed by atoms with Gasteiger partial charge in [-0.1, -0.05) is 33.8 Å². The van der Waals surface area contributed by atoms with Crippen molar-refractivity contribution in [3.8, 4) is 0 Å². The molecule has 0 unspecified atom stereocenters. The third-order valence-electron chi connectivity index (χ3n) is 4.75. The first kappa shape index (κ1) is 22.9. The summed E-state index contributed by atoms with van der Waals surface area (Å²) in [5, 5.41) is 12.5. The Balaban J connectivity index is 0.00000529. The van der Waals surface area contributed by atoms with Gasteiger partial charge in [0.2, 0.25) is 5.91 Å². The number of carbonyl (C=O) groups excluding carboxylic acids is 1. The largest absolute Gasteiger partial charge is 0.478 e. The zero-order valence-corrected chi connectivity index (χ0v) is 16.4. The molecule has 2 N–H and O–H groups in total. The summed E-state index contributed by atoms with van der Waals surface area (Å²) in [5.41, 5.74) is 0.504. The standard InChI is InChI=1S/C18H32N2O3.ClH/c1-6-20(7-2)17-11-14(18(22)23)8-9-15(17)16(10-12(3)4)19-13(5)21;/h8,12,15-17H,6-7,9-11H2,1-5H3,(H,19,21)(H,22,23);1H/t15-,16+,17-;/m1./s1. The molecule has 0 aromatic heterocycles. The van der Waals surface area contributed by atoms with Crippen LogP contribution >= 0.6 is 12.4 Å². The lowest BCUT2D eigenvalue weighted by atomic mass is 9.77. The van der Waals surface area contributed by atoms with E-state index in [1.165, 1.54) is 0 Å². The van der Waals surface area contributed by atoms with Gasteiger partial charge in [-0.25, -0.2) is 4.79 Å². The van der Waals surface area contributed by atoms with E-state index in [2.05, 4.69) is 37.9 Å². The van der Waals surface area contributed by atoms with Crippen molar-refractivity contribution in [2.75, 3.05) is 13.1 Å². The van der Waals surface area contributed by atoms with Crippen LogP contribution in [0.3, 0.4) is 0 Å². The Kier molecular flexibility index (Phi) is 10.2. The first-order valence-corrected chi connectivity index (χ1v) is 8.73. The fourth-order valence-electron chi connectivity index (χ4n) is 3.70. The summed E-state index contributed by atoms with van der Waals surface area (Å²) in [5.74, 6) is -0.0964. The van der Waals surface area contributed by atoms with Crippen LogP contribution in [-0.4, -0.2) is 47.1 Å². The monoisotopic (exact) mass is 360 g/mol. The van der Waals surface area contributed by atoms with E-state index in [-0.39, 0.29) is 36.3 Å². The molecule has 0 aromatic rings. The fourth-order valence-corrected chi connectivity index (χ4v) is 3.70. The highest BCUT2D eigenvalue weighted by Crippen LogP contribution is 2.33. The Bertz CT molecular complexity index is 448. The van der Waals surface area contributed by atoms with E-state index in [0.29, 0.717) is 24.3 Å². The van der Waals surface area contributed by atoms with E-state index >= 15 is 0 Å². The summed E-state index contributed by atoms with van der Waals surface area (Å²) in [7, 11) is 0. The van der Waals surface area contributed by atoms with Crippen molar-refractivity contribution in [3.05, 3.63) is 11.6 Å². The molecule has 0 aromatic carbocycles. The van der Waals surface area contributed by atoms with Gasteiger partial charge in [0.1, 0.15) is 0 Å². The summed E-state index contributed by atoms with van der Waals surface area (Å²) in [6.45, 7) is 11.9. The number of hydrogen-bond donors (Lipinski definition) is 2. The Morgan fingerprint density at radius 2 is 1.92 bits per heavy atom. The number of carboxylic acids is 1. The maximum absolute atomic E-state index is 11.6. The maximum Gasteiger partial charge on any atom is 0.331 e. The topological polar surface area (TPSA) is 69.6 Å². The highest BCUT2D eigenvalue weighted by Gasteiger charge is 2.36. The SMILES string of the molecule is CCN(CC)[C@@H]1CC(C(=O)O)=CC[C@@H]1[C@H](CC(C)C)NC(C)=O.Cl. The molecule has 1 rings (SSSR count). The van der Waals surface area contributed by atoms with Crippen LogP contribution in [0.5, 0.6) is 0 Å². The minimum absolute atomic E-state index is 0. The Labute approximate surface area is 152 Å². The van der Waals surface area contributed by atoms with Crippen molar-refractivity contribution in [2.24, 2.45) is 11.8 Å². The summed E-state index contributed by atoms with van der Waals surface area (Å²) < 4.78 is 0. The molecule has 0 aliphatic heterocycles. The van der Waals surface area contributed by atoms with Gasteiger partial charge in [0, 0.05) is 24.6 Å². The second-order valence-corrected chi connectivity index (χ2v) is 6.86. The molecule has 0 radical (unpaired) electrons. The Morgan fingerprint density at radius 1 is 1.33 bits per heavy atom. The number of amides is 1. The summed E-state index contributed by atoms with van der Waals surface area (Å²) in [4.78, 5) is 25.3. The molecule has 0 saturated heterocycles. The zero-order chi connectivity index (χ0) is 17.6. The van der Waals surface area contributed by atoms with Crippen LogP contribution in [0.15, 0.2) is 11.6 Å².